The van der Waals surface area contributed by atoms with Gasteiger partial charge in [-0.25, -0.2) is 19.5 Å². The van der Waals surface area contributed by atoms with Gasteiger partial charge in [-0.2, -0.15) is 4.98 Å². The average Bonchev–Trinajstić information content (AvgIpc) is 3.70. The molecule has 0 radical (unpaired) electrons. The summed E-state index contributed by atoms with van der Waals surface area (Å²) in [7, 11) is 0. The molecule has 46 heavy (non-hydrogen) atoms. The summed E-state index contributed by atoms with van der Waals surface area (Å²) in [6.07, 6.45) is -9.53. The molecule has 21 nitrogen and oxygen atoms in total. The van der Waals surface area contributed by atoms with Gasteiger partial charge < -0.3 is 40.6 Å². The highest BCUT2D eigenvalue weighted by Crippen LogP contribution is 2.58. The Morgan fingerprint density at radius 3 is 2.43 bits per heavy atom. The third kappa shape index (κ3) is 5.60. The second kappa shape index (κ2) is 11.6. The number of aliphatic hydroxyl groups is 2. The fraction of sp³-hybridized carbons (Fsp3) is 0.500. The number of rotatable bonds is 2. The molecule has 7 heterocycles. The third-order valence-corrected chi connectivity index (χ3v) is 11.5. The number of nitrogen functional groups attached to an aromatic ring is 2. The molecule has 0 aliphatic carbocycles. The molecule has 248 valence electrons. The molecule has 0 saturated carbocycles. The van der Waals surface area contributed by atoms with Crippen molar-refractivity contribution in [3.63, 3.8) is 0 Å². The highest BCUT2D eigenvalue weighted by Gasteiger charge is 2.53. The summed E-state index contributed by atoms with van der Waals surface area (Å²) < 4.78 is 50.2. The first-order chi connectivity index (χ1) is 21.7. The minimum atomic E-state index is -4.43. The third-order valence-electron chi connectivity index (χ3n) is 7.35. The predicted molar refractivity (Wildman–Crippen MR) is 163 cm³/mol. The monoisotopic (exact) mass is 739 g/mol. The quantitative estimate of drug-likeness (QED) is 0.0932. The Hall–Kier alpha value is -2.41. The first-order valence-corrected chi connectivity index (χ1v) is 19.2. The lowest BCUT2D eigenvalue weighted by Gasteiger charge is -2.27. The van der Waals surface area contributed by atoms with Crippen molar-refractivity contribution in [2.75, 3.05) is 24.7 Å². The van der Waals surface area contributed by atoms with E-state index in [0.29, 0.717) is 11.3 Å². The summed E-state index contributed by atoms with van der Waals surface area (Å²) >= 11 is 9.96. The lowest BCUT2D eigenvalue weighted by Crippen LogP contribution is -2.38. The summed E-state index contributed by atoms with van der Waals surface area (Å²) in [6, 6.07) is 0. The van der Waals surface area contributed by atoms with Gasteiger partial charge in [0.2, 0.25) is 5.95 Å². The van der Waals surface area contributed by atoms with E-state index in [4.69, 9.17) is 50.8 Å². The van der Waals surface area contributed by atoms with E-state index in [1.165, 1.54) is 10.9 Å². The predicted octanol–water partition coefficient (Wildman–Crippen LogP) is -1.26. The van der Waals surface area contributed by atoms with Crippen LogP contribution in [-0.2, 0) is 43.9 Å². The molecule has 3 saturated heterocycles. The Labute approximate surface area is 269 Å². The Morgan fingerprint density at radius 1 is 1.02 bits per heavy atom. The summed E-state index contributed by atoms with van der Waals surface area (Å²) in [5, 5.41) is 22.4. The number of thiol groups is 1. The van der Waals surface area contributed by atoms with E-state index in [9.17, 15) is 29.3 Å². The van der Waals surface area contributed by atoms with Gasteiger partial charge >= 0.3 is 18.4 Å². The van der Waals surface area contributed by atoms with Crippen LogP contribution in [0.5, 0.6) is 0 Å². The maximum atomic E-state index is 13.5. The number of H-pyrrole nitrogens is 1. The number of nitrogens with one attached hydrogen (secondary N) is 1. The van der Waals surface area contributed by atoms with Crippen LogP contribution < -0.4 is 21.9 Å². The molecule has 4 bridgehead atoms. The van der Waals surface area contributed by atoms with Gasteiger partial charge in [-0.05, 0) is 11.8 Å². The molecule has 3 fully saturated rings. The van der Waals surface area contributed by atoms with Crippen LogP contribution in [-0.4, -0.2) is 99.0 Å². The van der Waals surface area contributed by atoms with Crippen LogP contribution in [0.4, 0.5) is 11.8 Å². The van der Waals surface area contributed by atoms with Crippen LogP contribution in [0.2, 0.25) is 0 Å². The van der Waals surface area contributed by atoms with Crippen LogP contribution in [0.1, 0.15) is 12.5 Å². The number of nitrogens with two attached hydrogens (primary N) is 2. The average molecular weight is 740 g/mol. The number of anilines is 2. The number of fused-ring (bicyclic) bond motifs is 6. The highest BCUT2D eigenvalue weighted by molar-refractivity contribution is 8.44. The van der Waals surface area contributed by atoms with Gasteiger partial charge in [0.05, 0.1) is 19.5 Å². The van der Waals surface area contributed by atoms with Crippen LogP contribution in [0.25, 0.3) is 21.5 Å². The van der Waals surface area contributed by atoms with Gasteiger partial charge in [-0.1, -0.05) is 23.6 Å². The number of hydrogen-bond acceptors (Lipinski definition) is 19. The van der Waals surface area contributed by atoms with Gasteiger partial charge in [0.15, 0.2) is 29.3 Å². The standard InChI is InChI=1S/C20H23N9O12P2S3/c21-13-12-15(24-3-23-13)29(20(33)46-12)18-11-9(31)6(39-18)2-37-42(34,44)40-10-8(30)5(1-36-43(35,45)41-11)38-17(10)28-4-25-7-14(28)26-19(22)27-16(7)32/h3-6,8-11,17-18,30-31H,1-2H2,(H,34,44)(H,35,45)(H2,21,23,24)(H3,22,26,27,32)/t5-,6-,8-,9-,10-,11-,17-,18-,42?,43?/m1/s1. The minimum absolute atomic E-state index is 0.0168. The largest absolute Gasteiger partial charge is 0.387 e. The molecule has 7 rings (SSSR count). The van der Waals surface area contributed by atoms with Gasteiger partial charge in [0, 0.05) is 0 Å². The number of aromatic amines is 1. The van der Waals surface area contributed by atoms with Crippen LogP contribution in [0, 0.1) is 0 Å². The van der Waals surface area contributed by atoms with E-state index in [-0.39, 0.29) is 33.3 Å². The lowest BCUT2D eigenvalue weighted by molar-refractivity contribution is -0.0604. The number of nitrogens with zero attached hydrogens (tertiary/aromatic N) is 6. The molecule has 3 aliphatic rings. The summed E-state index contributed by atoms with van der Waals surface area (Å²) in [5.74, 6) is -0.221. The van der Waals surface area contributed by atoms with Crippen LogP contribution in [0.3, 0.4) is 0 Å². The molecular weight excluding hydrogens is 716 g/mol. The molecule has 26 heteroatoms. The number of imidazole rings is 1. The fourth-order valence-electron chi connectivity index (χ4n) is 5.30. The molecular formula is C20H23N9O12P2S3. The molecule has 2 unspecified atom stereocenters. The maximum absolute atomic E-state index is 13.5. The number of ether oxygens (including phenoxy) is 2. The van der Waals surface area contributed by atoms with E-state index in [1.54, 1.807) is 0 Å². The SMILES string of the molecule is Nc1nc2c(ncn2[C@@H]2O[C@@H]3COP(=O)(S)O[C@@H]4[C@H](O)[C@@H](COP(O)(=S)O[C@@H]2[C@@H]3O)O[C@H]4n2c(=O)sc3c(N)ncnc32)c(=O)[nH]1. The number of thiazole rings is 1. The molecule has 8 N–H and O–H groups in total. The van der Waals surface area contributed by atoms with Crippen molar-refractivity contribution in [1.82, 2.24) is 34.1 Å². The molecule has 0 spiro atoms. The van der Waals surface area contributed by atoms with Crippen molar-refractivity contribution < 1.29 is 47.2 Å². The number of aliphatic hydroxyl groups excluding tert-OH is 2. The second-order valence-electron chi connectivity index (χ2n) is 10.2. The molecule has 0 amide bonds. The zero-order valence-corrected chi connectivity index (χ0v) is 27.0. The Kier molecular flexibility index (Phi) is 8.13. The van der Waals surface area contributed by atoms with Crippen LogP contribution >= 0.6 is 37.1 Å². The van der Waals surface area contributed by atoms with Gasteiger partial charge in [0.25, 0.3) is 5.56 Å². The van der Waals surface area contributed by atoms with E-state index < -0.39 is 86.2 Å². The summed E-state index contributed by atoms with van der Waals surface area (Å²) in [6.45, 7) is -9.98. The molecule has 4 aromatic heterocycles. The maximum Gasteiger partial charge on any atom is 0.386 e. The van der Waals surface area contributed by atoms with E-state index >= 15 is 0 Å². The fourth-order valence-corrected chi connectivity index (χ4v) is 9.03. The lowest BCUT2D eigenvalue weighted by atomic mass is 10.1. The van der Waals surface area contributed by atoms with Crippen molar-refractivity contribution in [2.45, 2.75) is 49.1 Å². The first kappa shape index (κ1) is 32.2. The zero-order chi connectivity index (χ0) is 32.7. The van der Waals surface area contributed by atoms with Crippen LogP contribution in [0.15, 0.2) is 22.2 Å². The first-order valence-electron chi connectivity index (χ1n) is 13.1. The van der Waals surface area contributed by atoms with Gasteiger partial charge in [0.1, 0.15) is 53.5 Å². The zero-order valence-electron chi connectivity index (χ0n) is 22.7. The van der Waals surface area contributed by atoms with Crippen molar-refractivity contribution in [2.24, 2.45) is 0 Å². The van der Waals surface area contributed by atoms with Gasteiger partial charge in [-0.3, -0.25) is 37.3 Å². The number of aromatic nitrogens is 7. The second-order valence-corrected chi connectivity index (χ2v) is 16.8. The smallest absolute Gasteiger partial charge is 0.386 e. The summed E-state index contributed by atoms with van der Waals surface area (Å²) in [5.41, 5.74) is 10.8. The number of hydrogen-bond donors (Lipinski definition) is 7. The van der Waals surface area contributed by atoms with E-state index in [1.807, 2.05) is 0 Å². The highest BCUT2D eigenvalue weighted by atomic mass is 32.7. The Bertz CT molecular complexity index is 2060. The Morgan fingerprint density at radius 2 is 1.70 bits per heavy atom. The van der Waals surface area contributed by atoms with Crippen molar-refractivity contribution in [3.8, 4) is 0 Å². The topological polar surface area (TPSA) is 297 Å². The van der Waals surface area contributed by atoms with Gasteiger partial charge in [-0.15, -0.1) is 0 Å². The van der Waals surface area contributed by atoms with E-state index in [2.05, 4.69) is 37.2 Å². The molecule has 3 aliphatic heterocycles. The van der Waals surface area contributed by atoms with Crippen molar-refractivity contribution in [1.29, 1.82) is 0 Å². The van der Waals surface area contributed by atoms with E-state index in [0.717, 1.165) is 10.9 Å². The van der Waals surface area contributed by atoms with Crippen molar-refractivity contribution in [3.05, 3.63) is 32.7 Å². The summed E-state index contributed by atoms with van der Waals surface area (Å²) in [4.78, 5) is 54.2. The molecule has 0 aromatic carbocycles. The molecule has 10 atom stereocenters. The minimum Gasteiger partial charge on any atom is -0.387 e. The normalized spacial score (nSPS) is 37.1. The van der Waals surface area contributed by atoms with Crippen molar-refractivity contribution >= 4 is 82.2 Å². The Balaban J connectivity index is 1.24. The molecule has 4 aromatic rings.